The molecule has 0 fully saturated rings. The number of anilines is 1. The second kappa shape index (κ2) is 9.27. The van der Waals surface area contributed by atoms with E-state index in [0.717, 1.165) is 0 Å². The molecule has 10 heteroatoms. The summed E-state index contributed by atoms with van der Waals surface area (Å²) in [4.78, 5) is 19.8. The number of halogens is 1. The zero-order chi connectivity index (χ0) is 22.7. The Bertz CT molecular complexity index is 1340. The van der Waals surface area contributed by atoms with Crippen LogP contribution in [-0.4, -0.2) is 26.0 Å². The van der Waals surface area contributed by atoms with Crippen LogP contribution in [0.25, 0.3) is 11.0 Å². The second-order valence-corrected chi connectivity index (χ2v) is 7.26. The number of hydrogen-bond acceptors (Lipinski definition) is 7. The van der Waals surface area contributed by atoms with Crippen molar-refractivity contribution in [3.05, 3.63) is 105 Å². The first-order chi connectivity index (χ1) is 15.4. The second-order valence-electron chi connectivity index (χ2n) is 6.85. The quantitative estimate of drug-likeness (QED) is 0.225. The molecule has 9 nitrogen and oxygen atoms in total. The molecule has 0 saturated carbocycles. The Morgan fingerprint density at radius 3 is 2.56 bits per heavy atom. The minimum Gasteiger partial charge on any atom is -0.595 e. The highest BCUT2D eigenvalue weighted by molar-refractivity contribution is 6.31. The van der Waals surface area contributed by atoms with E-state index in [1.807, 2.05) is 18.2 Å². The van der Waals surface area contributed by atoms with Gasteiger partial charge in [0.05, 0.1) is 16.7 Å². The first-order valence-corrected chi connectivity index (χ1v) is 9.90. The summed E-state index contributed by atoms with van der Waals surface area (Å²) in [5.41, 5.74) is 3.60. The molecule has 4 aromatic rings. The van der Waals surface area contributed by atoms with Gasteiger partial charge in [-0.25, -0.2) is 10.2 Å². The molecule has 5 N–H and O–H groups in total. The largest absolute Gasteiger partial charge is 0.595 e. The average Bonchev–Trinajstić information content (AvgIpc) is 2.79. The lowest BCUT2D eigenvalue weighted by molar-refractivity contribution is -0.991. The number of hydrazone groups is 1. The van der Waals surface area contributed by atoms with Crippen LogP contribution in [0, 0.1) is 5.21 Å². The van der Waals surface area contributed by atoms with Crippen LogP contribution in [0.1, 0.15) is 17.4 Å². The number of H-pyrrole nitrogens is 1. The Hall–Kier alpha value is -3.60. The molecule has 1 heterocycles. The van der Waals surface area contributed by atoms with E-state index >= 15 is 0 Å². The molecule has 3 aromatic carbocycles. The van der Waals surface area contributed by atoms with Gasteiger partial charge in [-0.3, -0.25) is 10.2 Å². The van der Waals surface area contributed by atoms with Crippen LogP contribution in [0.3, 0.4) is 0 Å². The Morgan fingerprint density at radius 2 is 1.84 bits per heavy atom. The SMILES string of the molecule is O=c1[nH]c2cc([NH+]([O-])O)ccc2nc1/C(=N/Nc1ccccc1)C(O)c1ccccc1Cl. The van der Waals surface area contributed by atoms with Crippen LogP contribution >= 0.6 is 11.6 Å². The van der Waals surface area contributed by atoms with Gasteiger partial charge in [0.2, 0.25) is 0 Å². The zero-order valence-electron chi connectivity index (χ0n) is 16.5. The number of aliphatic hydroxyl groups is 1. The number of benzene rings is 3. The monoisotopic (exact) mass is 451 g/mol. The maximum absolute atomic E-state index is 12.9. The summed E-state index contributed by atoms with van der Waals surface area (Å²) < 4.78 is 0. The fourth-order valence-electron chi connectivity index (χ4n) is 3.12. The van der Waals surface area contributed by atoms with Gasteiger partial charge in [-0.1, -0.05) is 48.0 Å². The number of aromatic amines is 1. The first-order valence-electron chi connectivity index (χ1n) is 9.53. The molecule has 162 valence electrons. The van der Waals surface area contributed by atoms with Crippen molar-refractivity contribution in [1.82, 2.24) is 9.97 Å². The van der Waals surface area contributed by atoms with Crippen molar-refractivity contribution in [2.75, 3.05) is 5.43 Å². The molecule has 0 saturated heterocycles. The van der Waals surface area contributed by atoms with Gasteiger partial charge in [0.25, 0.3) is 5.56 Å². The van der Waals surface area contributed by atoms with Gasteiger partial charge in [0.15, 0.2) is 11.4 Å². The fraction of sp³-hybridized carbons (Fsp3) is 0.0455. The molecule has 32 heavy (non-hydrogen) atoms. The number of para-hydroxylation sites is 1. The zero-order valence-corrected chi connectivity index (χ0v) is 17.2. The van der Waals surface area contributed by atoms with Crippen LogP contribution in [0.4, 0.5) is 11.4 Å². The lowest BCUT2D eigenvalue weighted by Gasteiger charge is -2.16. The summed E-state index contributed by atoms with van der Waals surface area (Å²) in [5, 5.41) is 34.9. The normalized spacial score (nSPS) is 13.7. The van der Waals surface area contributed by atoms with Crippen LogP contribution in [0.15, 0.2) is 82.7 Å². The molecule has 0 amide bonds. The van der Waals surface area contributed by atoms with Crippen molar-refractivity contribution in [3.63, 3.8) is 0 Å². The number of rotatable bonds is 6. The van der Waals surface area contributed by atoms with E-state index < -0.39 is 16.9 Å². The average molecular weight is 452 g/mol. The number of nitrogens with one attached hydrogen (secondary N) is 3. The van der Waals surface area contributed by atoms with Crippen molar-refractivity contribution < 1.29 is 15.5 Å². The van der Waals surface area contributed by atoms with Gasteiger partial charge in [-0.15, -0.1) is 0 Å². The molecule has 0 aliphatic rings. The highest BCUT2D eigenvalue weighted by Crippen LogP contribution is 2.26. The Labute approximate surface area is 186 Å². The predicted octanol–water partition coefficient (Wildman–Crippen LogP) is 2.53. The molecule has 0 bridgehead atoms. The van der Waals surface area contributed by atoms with Crippen molar-refractivity contribution in [2.24, 2.45) is 5.10 Å². The van der Waals surface area contributed by atoms with Crippen LogP contribution < -0.4 is 16.2 Å². The van der Waals surface area contributed by atoms with Crippen molar-refractivity contribution in [3.8, 4) is 0 Å². The lowest BCUT2D eigenvalue weighted by atomic mass is 10.0. The third-order valence-electron chi connectivity index (χ3n) is 4.72. The van der Waals surface area contributed by atoms with E-state index in [1.54, 1.807) is 36.4 Å². The molecular formula is C22H18ClN5O4. The van der Waals surface area contributed by atoms with E-state index in [-0.39, 0.29) is 22.6 Å². The van der Waals surface area contributed by atoms with Crippen LogP contribution in [0.5, 0.6) is 0 Å². The van der Waals surface area contributed by atoms with Crippen molar-refractivity contribution >= 4 is 39.7 Å². The van der Waals surface area contributed by atoms with E-state index in [1.165, 1.54) is 18.2 Å². The van der Waals surface area contributed by atoms with E-state index in [4.69, 9.17) is 11.6 Å². The first kappa shape index (κ1) is 21.6. The van der Waals surface area contributed by atoms with Gasteiger partial charge in [-0.2, -0.15) is 10.3 Å². The smallest absolute Gasteiger partial charge is 0.276 e. The Balaban J connectivity index is 1.84. The maximum Gasteiger partial charge on any atom is 0.276 e. The van der Waals surface area contributed by atoms with Gasteiger partial charge in [0.1, 0.15) is 11.8 Å². The summed E-state index contributed by atoms with van der Waals surface area (Å²) in [6, 6.07) is 19.8. The van der Waals surface area contributed by atoms with E-state index in [9.17, 15) is 20.3 Å². The van der Waals surface area contributed by atoms with Gasteiger partial charge >= 0.3 is 0 Å². The van der Waals surface area contributed by atoms with Crippen molar-refractivity contribution in [1.29, 1.82) is 0 Å². The summed E-state index contributed by atoms with van der Waals surface area (Å²) >= 11 is 6.25. The molecular weight excluding hydrogens is 434 g/mol. The number of fused-ring (bicyclic) bond motifs is 1. The van der Waals surface area contributed by atoms with Gasteiger partial charge < -0.3 is 15.3 Å². The molecule has 1 aromatic heterocycles. The Morgan fingerprint density at radius 1 is 1.12 bits per heavy atom. The number of hydrogen-bond donors (Lipinski definition) is 5. The third kappa shape index (κ3) is 4.52. The summed E-state index contributed by atoms with van der Waals surface area (Å²) in [5.74, 6) is 0. The minimum absolute atomic E-state index is 0.0124. The highest BCUT2D eigenvalue weighted by atomic mass is 35.5. The summed E-state index contributed by atoms with van der Waals surface area (Å²) in [7, 11) is 0. The molecule has 0 aliphatic carbocycles. The number of aromatic nitrogens is 2. The molecule has 0 aliphatic heterocycles. The molecule has 0 radical (unpaired) electrons. The van der Waals surface area contributed by atoms with E-state index in [2.05, 4.69) is 20.5 Å². The number of aliphatic hydroxyl groups excluding tert-OH is 1. The lowest BCUT2D eigenvalue weighted by Crippen LogP contribution is -2.99. The minimum atomic E-state index is -1.36. The van der Waals surface area contributed by atoms with Crippen LogP contribution in [0.2, 0.25) is 5.02 Å². The van der Waals surface area contributed by atoms with Crippen LogP contribution in [-0.2, 0) is 0 Å². The van der Waals surface area contributed by atoms with Gasteiger partial charge in [0, 0.05) is 22.7 Å². The molecule has 4 rings (SSSR count). The topological polar surface area (TPSA) is 138 Å². The molecule has 0 spiro atoms. The summed E-state index contributed by atoms with van der Waals surface area (Å²) in [6.07, 6.45) is -1.36. The maximum atomic E-state index is 12.9. The molecule has 2 unspecified atom stereocenters. The fourth-order valence-corrected chi connectivity index (χ4v) is 3.36. The Kier molecular flexibility index (Phi) is 6.26. The van der Waals surface area contributed by atoms with E-state index in [0.29, 0.717) is 21.8 Å². The summed E-state index contributed by atoms with van der Waals surface area (Å²) in [6.45, 7) is 0. The van der Waals surface area contributed by atoms with Crippen molar-refractivity contribution in [2.45, 2.75) is 6.10 Å². The molecule has 2 atom stereocenters. The third-order valence-corrected chi connectivity index (χ3v) is 5.06. The standard InChI is InChI=1S/C22H18ClN5O4/c23-16-9-5-4-8-15(16)21(29)19(27-26-13-6-2-1-3-7-13)20-22(30)25-18-12-14(28(31)32)10-11-17(18)24-20/h1-12,21,26,28-29,31H,(H,25,30)/b27-19-. The predicted molar refractivity (Wildman–Crippen MR) is 121 cm³/mol. The number of nitrogens with zero attached hydrogens (tertiary/aromatic N) is 2. The van der Waals surface area contributed by atoms with Gasteiger partial charge in [-0.05, 0) is 24.3 Å². The highest BCUT2D eigenvalue weighted by Gasteiger charge is 2.24. The number of quaternary nitrogens is 1.